The van der Waals surface area contributed by atoms with Crippen molar-refractivity contribution >= 4 is 16.8 Å². The zero-order valence-corrected chi connectivity index (χ0v) is 19.7. The lowest BCUT2D eigenvalue weighted by atomic mass is 9.86. The normalized spacial score (nSPS) is 17.8. The number of amides is 1. The van der Waals surface area contributed by atoms with E-state index in [-0.39, 0.29) is 17.5 Å². The molecule has 0 bridgehead atoms. The number of carbonyl (C=O) groups excluding carboxylic acids is 1. The highest BCUT2D eigenvalue weighted by molar-refractivity contribution is 5.94. The first-order valence-corrected chi connectivity index (χ1v) is 11.9. The molecule has 0 aliphatic heterocycles. The first kappa shape index (κ1) is 23.7. The third-order valence-corrected chi connectivity index (χ3v) is 6.82. The maximum absolute atomic E-state index is 13.5. The molecule has 0 spiro atoms. The van der Waals surface area contributed by atoms with Crippen molar-refractivity contribution in [3.05, 3.63) is 72.1 Å². The number of rotatable bonds is 6. The second kappa shape index (κ2) is 9.93. The Bertz CT molecular complexity index is 1390. The molecule has 2 aromatic carbocycles. The smallest absolute Gasteiger partial charge is 0.251 e. The van der Waals surface area contributed by atoms with Crippen molar-refractivity contribution < 1.29 is 23.4 Å². The largest absolute Gasteiger partial charge is 0.503 e. The molecule has 1 aliphatic carbocycles. The summed E-state index contributed by atoms with van der Waals surface area (Å²) in [6, 6.07) is 12.0. The maximum atomic E-state index is 13.5. The zero-order chi connectivity index (χ0) is 25.2. The van der Waals surface area contributed by atoms with E-state index in [0.717, 1.165) is 59.8 Å². The van der Waals surface area contributed by atoms with Gasteiger partial charge >= 0.3 is 0 Å². The van der Waals surface area contributed by atoms with Crippen LogP contribution in [0.5, 0.6) is 11.6 Å². The molecule has 9 heteroatoms. The number of fused-ring (bicyclic) bond motifs is 1. The van der Waals surface area contributed by atoms with Crippen molar-refractivity contribution in [1.82, 2.24) is 20.1 Å². The van der Waals surface area contributed by atoms with E-state index >= 15 is 0 Å². The van der Waals surface area contributed by atoms with Crippen molar-refractivity contribution in [3.8, 4) is 22.8 Å². The molecule has 1 fully saturated rings. The molecule has 5 rings (SSSR count). The number of carbonyl (C=O) groups is 1. The van der Waals surface area contributed by atoms with Gasteiger partial charge in [0.05, 0.1) is 18.7 Å². The minimum Gasteiger partial charge on any atom is -0.503 e. The average molecular weight is 493 g/mol. The second-order valence-electron chi connectivity index (χ2n) is 9.14. The molecule has 2 N–H and O–H groups in total. The fraction of sp³-hybridized carbons (Fsp3) is 0.296. The van der Waals surface area contributed by atoms with E-state index in [1.54, 1.807) is 13.3 Å². The Labute approximate surface area is 206 Å². The molecule has 1 aliphatic rings. The predicted octanol–water partition coefficient (Wildman–Crippen LogP) is 5.25. The quantitative estimate of drug-likeness (QED) is 0.384. The lowest BCUT2D eigenvalue weighted by Crippen LogP contribution is -2.31. The Morgan fingerprint density at radius 3 is 2.53 bits per heavy atom. The number of aromatic hydroxyl groups is 1. The van der Waals surface area contributed by atoms with E-state index in [9.17, 15) is 18.7 Å². The third kappa shape index (κ3) is 4.86. The number of methoxy groups -OCH3 is 1. The summed E-state index contributed by atoms with van der Waals surface area (Å²) in [6.45, 7) is 0.426. The minimum atomic E-state index is -1.15. The molecule has 2 heterocycles. The number of nitrogens with one attached hydrogen (secondary N) is 1. The summed E-state index contributed by atoms with van der Waals surface area (Å²) in [4.78, 5) is 16.5. The SMILES string of the molecule is COc1cc(-c2ccc3cn([C@H]4CC[C@H](CNC(=O)c5cc(F)c(O)c(F)c5)CC4)nc3c2)ccn1. The van der Waals surface area contributed by atoms with Gasteiger partial charge < -0.3 is 15.2 Å². The van der Waals surface area contributed by atoms with Crippen LogP contribution in [0.25, 0.3) is 22.0 Å². The van der Waals surface area contributed by atoms with E-state index in [0.29, 0.717) is 12.4 Å². The molecule has 7 nitrogen and oxygen atoms in total. The third-order valence-electron chi connectivity index (χ3n) is 6.82. The Balaban J connectivity index is 1.19. The van der Waals surface area contributed by atoms with Crippen LogP contribution in [0.2, 0.25) is 0 Å². The highest BCUT2D eigenvalue weighted by atomic mass is 19.1. The standard InChI is InChI=1S/C27H26F2N4O3/c1-36-25-13-18(8-9-30-25)17-4-5-19-15-33(32-24(19)12-17)21-6-2-16(3-7-21)14-31-27(35)20-10-22(28)26(34)23(29)11-20/h4-5,8-13,15-16,21,34H,2-3,6-7,14H2,1H3,(H,31,35)/t16-,21-. The molecule has 1 saturated carbocycles. The molecule has 0 atom stereocenters. The van der Waals surface area contributed by atoms with Crippen LogP contribution in [0.15, 0.2) is 54.9 Å². The topological polar surface area (TPSA) is 89.3 Å². The van der Waals surface area contributed by atoms with Gasteiger partial charge in [-0.2, -0.15) is 5.10 Å². The summed E-state index contributed by atoms with van der Waals surface area (Å²) >= 11 is 0. The summed E-state index contributed by atoms with van der Waals surface area (Å²) in [5.74, 6) is -3.11. The van der Waals surface area contributed by atoms with E-state index in [4.69, 9.17) is 9.84 Å². The summed E-state index contributed by atoms with van der Waals surface area (Å²) < 4.78 is 34.3. The molecular formula is C27H26F2N4O3. The van der Waals surface area contributed by atoms with Gasteiger partial charge in [0, 0.05) is 36.0 Å². The highest BCUT2D eigenvalue weighted by Crippen LogP contribution is 2.33. The number of hydrogen-bond donors (Lipinski definition) is 2. The highest BCUT2D eigenvalue weighted by Gasteiger charge is 2.24. The first-order valence-electron chi connectivity index (χ1n) is 11.9. The van der Waals surface area contributed by atoms with Gasteiger partial charge in [-0.3, -0.25) is 9.48 Å². The van der Waals surface area contributed by atoms with Crippen LogP contribution in [-0.2, 0) is 0 Å². The number of benzene rings is 2. The average Bonchev–Trinajstić information content (AvgIpc) is 3.34. The van der Waals surface area contributed by atoms with Crippen molar-refractivity contribution in [2.24, 2.45) is 5.92 Å². The predicted molar refractivity (Wildman–Crippen MR) is 131 cm³/mol. The molecule has 0 saturated heterocycles. The van der Waals surface area contributed by atoms with Crippen molar-refractivity contribution in [2.75, 3.05) is 13.7 Å². The molecule has 36 heavy (non-hydrogen) atoms. The van der Waals surface area contributed by atoms with Crippen molar-refractivity contribution in [2.45, 2.75) is 31.7 Å². The number of nitrogens with zero attached hydrogens (tertiary/aromatic N) is 3. The Hall–Kier alpha value is -4.01. The summed E-state index contributed by atoms with van der Waals surface area (Å²) in [5.41, 5.74) is 2.83. The van der Waals surface area contributed by atoms with Gasteiger partial charge in [0.1, 0.15) is 0 Å². The lowest BCUT2D eigenvalue weighted by Gasteiger charge is -2.28. The number of pyridine rings is 1. The van der Waals surface area contributed by atoms with E-state index < -0.39 is 23.3 Å². The van der Waals surface area contributed by atoms with E-state index in [1.165, 1.54) is 0 Å². The van der Waals surface area contributed by atoms with Gasteiger partial charge in [0.25, 0.3) is 5.91 Å². The fourth-order valence-electron chi connectivity index (χ4n) is 4.75. The van der Waals surface area contributed by atoms with Crippen LogP contribution >= 0.6 is 0 Å². The Kier molecular flexibility index (Phi) is 6.54. The summed E-state index contributed by atoms with van der Waals surface area (Å²) in [6.07, 6.45) is 7.45. The zero-order valence-electron chi connectivity index (χ0n) is 19.7. The van der Waals surface area contributed by atoms with Crippen LogP contribution in [-0.4, -0.2) is 39.4 Å². The first-order chi connectivity index (χ1) is 17.4. The number of hydrogen-bond acceptors (Lipinski definition) is 5. The number of ether oxygens (including phenoxy) is 1. The van der Waals surface area contributed by atoms with Crippen molar-refractivity contribution in [1.29, 1.82) is 0 Å². The van der Waals surface area contributed by atoms with E-state index in [1.807, 2.05) is 16.8 Å². The second-order valence-corrected chi connectivity index (χ2v) is 9.14. The molecule has 0 radical (unpaired) electrons. The molecular weight excluding hydrogens is 466 g/mol. The monoisotopic (exact) mass is 492 g/mol. The van der Waals surface area contributed by atoms with Gasteiger partial charge in [-0.15, -0.1) is 0 Å². The van der Waals surface area contributed by atoms with Crippen LogP contribution in [0.3, 0.4) is 0 Å². The molecule has 2 aromatic heterocycles. The number of halogens is 2. The number of phenols is 1. The molecule has 4 aromatic rings. The van der Waals surface area contributed by atoms with Gasteiger partial charge in [0.15, 0.2) is 17.4 Å². The van der Waals surface area contributed by atoms with Crippen LogP contribution < -0.4 is 10.1 Å². The molecule has 1 amide bonds. The van der Waals surface area contributed by atoms with Crippen LogP contribution in [0.1, 0.15) is 42.1 Å². The van der Waals surface area contributed by atoms with E-state index in [2.05, 4.69) is 34.7 Å². The molecule has 0 unspecified atom stereocenters. The van der Waals surface area contributed by atoms with Gasteiger partial charge in [-0.1, -0.05) is 12.1 Å². The van der Waals surface area contributed by atoms with Crippen molar-refractivity contribution in [3.63, 3.8) is 0 Å². The molecule has 186 valence electrons. The van der Waals surface area contributed by atoms with Gasteiger partial charge in [-0.25, -0.2) is 13.8 Å². The fourth-order valence-corrected chi connectivity index (χ4v) is 4.75. The van der Waals surface area contributed by atoms with Gasteiger partial charge in [0.2, 0.25) is 5.88 Å². The number of phenolic OH excluding ortho intramolecular Hbond substituents is 1. The van der Waals surface area contributed by atoms with Crippen LogP contribution in [0, 0.1) is 17.6 Å². The van der Waals surface area contributed by atoms with Gasteiger partial charge in [-0.05, 0) is 67.0 Å². The summed E-state index contributed by atoms with van der Waals surface area (Å²) in [5, 5.41) is 17.9. The maximum Gasteiger partial charge on any atom is 0.251 e. The summed E-state index contributed by atoms with van der Waals surface area (Å²) in [7, 11) is 1.59. The lowest BCUT2D eigenvalue weighted by molar-refractivity contribution is 0.0940. The van der Waals surface area contributed by atoms with Crippen LogP contribution in [0.4, 0.5) is 8.78 Å². The number of aromatic nitrogens is 3. The Morgan fingerprint density at radius 1 is 1.08 bits per heavy atom. The Morgan fingerprint density at radius 2 is 1.81 bits per heavy atom. The minimum absolute atomic E-state index is 0.149.